The summed E-state index contributed by atoms with van der Waals surface area (Å²) in [5.41, 5.74) is 2.02. The first-order chi connectivity index (χ1) is 10.9. The Morgan fingerprint density at radius 3 is 2.87 bits per heavy atom. The van der Waals surface area contributed by atoms with Crippen molar-refractivity contribution in [2.45, 2.75) is 58.8 Å². The van der Waals surface area contributed by atoms with Crippen LogP contribution in [0, 0.1) is 22.7 Å². The molecule has 4 atom stereocenters. The predicted octanol–water partition coefficient (Wildman–Crippen LogP) is 5.08. The van der Waals surface area contributed by atoms with E-state index in [1.807, 2.05) is 19.3 Å². The van der Waals surface area contributed by atoms with Gasteiger partial charge in [-0.15, -0.1) is 0 Å². The molecule has 2 aliphatic carbocycles. The molecule has 2 fully saturated rings. The van der Waals surface area contributed by atoms with Crippen molar-refractivity contribution in [1.29, 1.82) is 0 Å². The molecule has 126 valence electrons. The van der Waals surface area contributed by atoms with Crippen molar-refractivity contribution in [3.63, 3.8) is 0 Å². The molecule has 0 radical (unpaired) electrons. The minimum atomic E-state index is -0.616. The van der Waals surface area contributed by atoms with E-state index in [-0.39, 0.29) is 11.3 Å². The molecule has 23 heavy (non-hydrogen) atoms. The van der Waals surface area contributed by atoms with E-state index >= 15 is 0 Å². The molecular weight excluding hydrogens is 288 g/mol. The zero-order chi connectivity index (χ0) is 16.7. The Labute approximate surface area is 138 Å². The van der Waals surface area contributed by atoms with E-state index in [2.05, 4.69) is 13.5 Å². The summed E-state index contributed by atoms with van der Waals surface area (Å²) < 4.78 is 5.18. The van der Waals surface area contributed by atoms with Crippen LogP contribution in [0.2, 0.25) is 0 Å². The summed E-state index contributed by atoms with van der Waals surface area (Å²) in [4.78, 5) is 12.0. The van der Waals surface area contributed by atoms with Gasteiger partial charge in [-0.1, -0.05) is 25.5 Å². The lowest BCUT2D eigenvalue weighted by molar-refractivity contribution is -0.164. The highest BCUT2D eigenvalue weighted by atomic mass is 16.4. The van der Waals surface area contributed by atoms with Gasteiger partial charge >= 0.3 is 5.97 Å². The molecule has 2 aliphatic rings. The van der Waals surface area contributed by atoms with E-state index in [4.69, 9.17) is 4.42 Å². The number of furan rings is 1. The fourth-order valence-electron chi connectivity index (χ4n) is 5.48. The van der Waals surface area contributed by atoms with Crippen molar-refractivity contribution >= 4 is 5.97 Å². The minimum Gasteiger partial charge on any atom is -0.481 e. The molecular formula is C20H28O3. The Morgan fingerprint density at radius 2 is 2.22 bits per heavy atom. The molecule has 0 aromatic carbocycles. The summed E-state index contributed by atoms with van der Waals surface area (Å²) in [5.74, 6) is 0.0470. The highest BCUT2D eigenvalue weighted by Crippen LogP contribution is 2.61. The van der Waals surface area contributed by atoms with E-state index in [1.54, 1.807) is 6.26 Å². The van der Waals surface area contributed by atoms with E-state index in [9.17, 15) is 9.90 Å². The van der Waals surface area contributed by atoms with Crippen molar-refractivity contribution in [3.05, 3.63) is 36.3 Å². The molecule has 3 nitrogen and oxygen atoms in total. The van der Waals surface area contributed by atoms with Crippen LogP contribution in [-0.4, -0.2) is 11.1 Å². The average molecular weight is 316 g/mol. The lowest BCUT2D eigenvalue weighted by Crippen LogP contribution is -2.53. The van der Waals surface area contributed by atoms with Crippen LogP contribution in [0.15, 0.2) is 35.2 Å². The summed E-state index contributed by atoms with van der Waals surface area (Å²) >= 11 is 0. The number of carbonyl (C=O) groups is 1. The lowest BCUT2D eigenvalue weighted by Gasteiger charge is -2.57. The number of aliphatic carboxylic acids is 1. The molecule has 2 saturated carbocycles. The molecule has 0 aliphatic heterocycles. The van der Waals surface area contributed by atoms with Crippen molar-refractivity contribution in [2.24, 2.45) is 22.7 Å². The summed E-state index contributed by atoms with van der Waals surface area (Å²) in [5, 5.41) is 9.85. The highest BCUT2D eigenvalue weighted by molar-refractivity contribution is 5.75. The number of carboxylic acids is 1. The second-order valence-corrected chi connectivity index (χ2v) is 8.05. The number of aryl methyl sites for hydroxylation is 1. The average Bonchev–Trinajstić information content (AvgIpc) is 2.99. The third kappa shape index (κ3) is 2.64. The fourth-order valence-corrected chi connectivity index (χ4v) is 5.48. The summed E-state index contributed by atoms with van der Waals surface area (Å²) in [6, 6.07) is 2.02. The zero-order valence-electron chi connectivity index (χ0n) is 14.3. The van der Waals surface area contributed by atoms with Crippen molar-refractivity contribution < 1.29 is 14.3 Å². The third-order valence-electron chi connectivity index (χ3n) is 6.81. The number of carboxylic acid groups (broad SMARTS) is 1. The Balaban J connectivity index is 1.86. The smallest absolute Gasteiger partial charge is 0.309 e. The number of fused-ring (bicyclic) bond motifs is 1. The first-order valence-electron chi connectivity index (χ1n) is 8.80. The van der Waals surface area contributed by atoms with Gasteiger partial charge in [-0.25, -0.2) is 0 Å². The van der Waals surface area contributed by atoms with Gasteiger partial charge in [0.1, 0.15) is 0 Å². The molecule has 0 saturated heterocycles. The van der Waals surface area contributed by atoms with Crippen LogP contribution in [0.25, 0.3) is 0 Å². The van der Waals surface area contributed by atoms with E-state index < -0.39 is 11.4 Å². The molecule has 1 aromatic rings. The Bertz CT molecular complexity index is 588. The maximum atomic E-state index is 12.0. The first-order valence-corrected chi connectivity index (χ1v) is 8.80. The molecule has 3 heteroatoms. The fraction of sp³-hybridized carbons (Fsp3) is 0.650. The van der Waals surface area contributed by atoms with Crippen LogP contribution in [-0.2, 0) is 11.2 Å². The summed E-state index contributed by atoms with van der Waals surface area (Å²) in [7, 11) is 0. The van der Waals surface area contributed by atoms with Gasteiger partial charge in [0.05, 0.1) is 17.9 Å². The summed E-state index contributed by atoms with van der Waals surface area (Å²) in [6.45, 7) is 8.65. The van der Waals surface area contributed by atoms with Gasteiger partial charge in [-0.3, -0.25) is 4.79 Å². The van der Waals surface area contributed by atoms with Crippen LogP contribution in [0.4, 0.5) is 0 Å². The van der Waals surface area contributed by atoms with Gasteiger partial charge in [0.25, 0.3) is 0 Å². The second kappa shape index (κ2) is 5.85. The molecule has 3 rings (SSSR count). The third-order valence-corrected chi connectivity index (χ3v) is 6.81. The second-order valence-electron chi connectivity index (χ2n) is 8.05. The largest absolute Gasteiger partial charge is 0.481 e. The highest BCUT2D eigenvalue weighted by Gasteiger charge is 2.57. The van der Waals surface area contributed by atoms with Gasteiger partial charge in [-0.05, 0) is 74.3 Å². The van der Waals surface area contributed by atoms with Crippen LogP contribution in [0.5, 0.6) is 0 Å². The van der Waals surface area contributed by atoms with Crippen LogP contribution < -0.4 is 0 Å². The molecule has 0 unspecified atom stereocenters. The topological polar surface area (TPSA) is 50.4 Å². The maximum absolute atomic E-state index is 12.0. The number of rotatable bonds is 4. The Morgan fingerprint density at radius 1 is 1.43 bits per heavy atom. The minimum absolute atomic E-state index is 0.0600. The standard InChI is InChI=1S/C20H28O3/c1-14-5-8-17-19(2,10-4-11-20(17,3)18(21)22)16(14)7-6-15-9-12-23-13-15/h9,12-13,16-17H,1,4-8,10-11H2,2-3H3,(H,21,22)/t16-,17-,19+,20-/m0/s1. The number of allylic oxidation sites excluding steroid dienone is 1. The maximum Gasteiger partial charge on any atom is 0.309 e. The zero-order valence-corrected chi connectivity index (χ0v) is 14.3. The quantitative estimate of drug-likeness (QED) is 0.788. The SMILES string of the molecule is C=C1CC[C@H]2[C@](C)(CCC[C@]2(C)C(=O)O)[C@H]1CCc1ccoc1. The molecule has 1 heterocycles. The normalized spacial score (nSPS) is 37.4. The van der Waals surface area contributed by atoms with Crippen molar-refractivity contribution in [1.82, 2.24) is 0 Å². The number of hydrogen-bond donors (Lipinski definition) is 1. The van der Waals surface area contributed by atoms with Crippen molar-refractivity contribution in [2.75, 3.05) is 0 Å². The lowest BCUT2D eigenvalue weighted by atomic mass is 9.46. The summed E-state index contributed by atoms with van der Waals surface area (Å²) in [6.07, 6.45) is 10.4. The van der Waals surface area contributed by atoms with Crippen molar-refractivity contribution in [3.8, 4) is 0 Å². The van der Waals surface area contributed by atoms with E-state index in [0.717, 1.165) is 44.9 Å². The Kier molecular flexibility index (Phi) is 4.16. The van der Waals surface area contributed by atoms with Crippen LogP contribution in [0.3, 0.4) is 0 Å². The van der Waals surface area contributed by atoms with Gasteiger partial charge in [0, 0.05) is 0 Å². The molecule has 0 spiro atoms. The predicted molar refractivity (Wildman–Crippen MR) is 90.1 cm³/mol. The van der Waals surface area contributed by atoms with Crippen LogP contribution >= 0.6 is 0 Å². The van der Waals surface area contributed by atoms with Gasteiger partial charge < -0.3 is 9.52 Å². The van der Waals surface area contributed by atoms with Crippen LogP contribution in [0.1, 0.15) is 57.9 Å². The molecule has 1 aromatic heterocycles. The molecule has 1 N–H and O–H groups in total. The number of hydrogen-bond acceptors (Lipinski definition) is 2. The Hall–Kier alpha value is -1.51. The van der Waals surface area contributed by atoms with Gasteiger partial charge in [0.2, 0.25) is 0 Å². The van der Waals surface area contributed by atoms with E-state index in [1.165, 1.54) is 11.1 Å². The van der Waals surface area contributed by atoms with Gasteiger partial charge in [0.15, 0.2) is 0 Å². The monoisotopic (exact) mass is 316 g/mol. The molecule has 0 amide bonds. The molecule has 0 bridgehead atoms. The van der Waals surface area contributed by atoms with Gasteiger partial charge in [-0.2, -0.15) is 0 Å². The first kappa shape index (κ1) is 16.4. The van der Waals surface area contributed by atoms with E-state index in [0.29, 0.717) is 5.92 Å².